The van der Waals surface area contributed by atoms with E-state index in [1.807, 2.05) is 22.4 Å². The van der Waals surface area contributed by atoms with Gasteiger partial charge in [0.25, 0.3) is 0 Å². The third-order valence-corrected chi connectivity index (χ3v) is 3.61. The molecule has 1 aromatic rings. The van der Waals surface area contributed by atoms with E-state index in [-0.39, 0.29) is 24.4 Å². The Morgan fingerprint density at radius 2 is 2.47 bits per heavy atom. The van der Waals surface area contributed by atoms with Gasteiger partial charge >= 0.3 is 0 Å². The van der Waals surface area contributed by atoms with E-state index in [9.17, 15) is 4.79 Å². The molecule has 1 aliphatic rings. The van der Waals surface area contributed by atoms with Crippen LogP contribution in [0.5, 0.6) is 0 Å². The van der Waals surface area contributed by atoms with Crippen LogP contribution < -0.4 is 5.32 Å². The van der Waals surface area contributed by atoms with Crippen molar-refractivity contribution in [2.45, 2.75) is 12.6 Å². The molecule has 19 heavy (non-hydrogen) atoms. The van der Waals surface area contributed by atoms with Crippen molar-refractivity contribution in [1.29, 1.82) is 0 Å². The lowest BCUT2D eigenvalue weighted by Crippen LogP contribution is -2.44. The Bertz CT molecular complexity index is 409. The van der Waals surface area contributed by atoms with Gasteiger partial charge in [-0.05, 0) is 22.4 Å². The van der Waals surface area contributed by atoms with E-state index in [1.165, 1.54) is 5.56 Å². The molecule has 0 radical (unpaired) electrons. The normalized spacial score (nSPS) is 17.2. The van der Waals surface area contributed by atoms with Gasteiger partial charge in [0.1, 0.15) is 6.04 Å². The zero-order valence-electron chi connectivity index (χ0n) is 10.9. The summed E-state index contributed by atoms with van der Waals surface area (Å²) in [6.07, 6.45) is 3.91. The molecule has 1 atom stereocenters. The van der Waals surface area contributed by atoms with Crippen molar-refractivity contribution in [2.75, 3.05) is 26.8 Å². The topological polar surface area (TPSA) is 41.6 Å². The number of ether oxygens (including phenoxy) is 1. The van der Waals surface area contributed by atoms with Crippen LogP contribution in [0.25, 0.3) is 0 Å². The molecule has 0 saturated carbocycles. The van der Waals surface area contributed by atoms with Crippen molar-refractivity contribution < 1.29 is 9.53 Å². The van der Waals surface area contributed by atoms with Gasteiger partial charge in [0.2, 0.25) is 5.91 Å². The highest BCUT2D eigenvalue weighted by Gasteiger charge is 2.23. The number of carbonyl (C=O) groups excluding carboxylic acids is 1. The van der Waals surface area contributed by atoms with Crippen LogP contribution >= 0.6 is 23.7 Å². The van der Waals surface area contributed by atoms with Gasteiger partial charge in [0, 0.05) is 26.7 Å². The molecule has 1 unspecified atom stereocenters. The first-order chi connectivity index (χ1) is 8.81. The molecule has 1 N–H and O–H groups in total. The molecule has 2 heterocycles. The highest BCUT2D eigenvalue weighted by atomic mass is 35.5. The molecule has 0 aromatic carbocycles. The zero-order chi connectivity index (χ0) is 12.8. The van der Waals surface area contributed by atoms with E-state index < -0.39 is 0 Å². The van der Waals surface area contributed by atoms with Gasteiger partial charge < -0.3 is 9.64 Å². The maximum absolute atomic E-state index is 12.3. The highest BCUT2D eigenvalue weighted by molar-refractivity contribution is 7.07. The van der Waals surface area contributed by atoms with E-state index in [0.717, 1.165) is 6.54 Å². The third-order valence-electron chi connectivity index (χ3n) is 2.88. The Labute approximate surface area is 123 Å². The van der Waals surface area contributed by atoms with Gasteiger partial charge in [-0.3, -0.25) is 10.1 Å². The summed E-state index contributed by atoms with van der Waals surface area (Å²) >= 11 is 1.65. The van der Waals surface area contributed by atoms with Gasteiger partial charge in [0.15, 0.2) is 0 Å². The van der Waals surface area contributed by atoms with Gasteiger partial charge in [-0.25, -0.2) is 0 Å². The maximum atomic E-state index is 12.3. The summed E-state index contributed by atoms with van der Waals surface area (Å²) in [5, 5.41) is 7.26. The van der Waals surface area contributed by atoms with E-state index in [4.69, 9.17) is 4.74 Å². The van der Waals surface area contributed by atoms with Crippen LogP contribution in [0.4, 0.5) is 0 Å². The van der Waals surface area contributed by atoms with Crippen LogP contribution in [0.3, 0.4) is 0 Å². The molecular weight excluding hydrogens is 284 g/mol. The quantitative estimate of drug-likeness (QED) is 0.813. The second-order valence-corrected chi connectivity index (χ2v) is 4.98. The first-order valence-corrected chi connectivity index (χ1v) is 6.94. The fraction of sp³-hybridized carbons (Fsp3) is 0.462. The van der Waals surface area contributed by atoms with Gasteiger partial charge in [0.05, 0.1) is 6.61 Å². The largest absolute Gasteiger partial charge is 0.383 e. The van der Waals surface area contributed by atoms with Gasteiger partial charge in [-0.2, -0.15) is 11.3 Å². The molecule has 0 bridgehead atoms. The Morgan fingerprint density at radius 3 is 3.05 bits per heavy atom. The van der Waals surface area contributed by atoms with Crippen LogP contribution in [0.2, 0.25) is 0 Å². The maximum Gasteiger partial charge on any atom is 0.244 e. The minimum absolute atomic E-state index is 0. The van der Waals surface area contributed by atoms with E-state index in [2.05, 4.69) is 16.8 Å². The molecule has 1 aliphatic heterocycles. The first-order valence-electron chi connectivity index (χ1n) is 6.00. The molecule has 0 fully saturated rings. The number of nitrogens with one attached hydrogen (secondary N) is 1. The summed E-state index contributed by atoms with van der Waals surface area (Å²) < 4.78 is 5.07. The number of rotatable bonds is 6. The number of halogens is 1. The fourth-order valence-corrected chi connectivity index (χ4v) is 2.56. The average Bonchev–Trinajstić information content (AvgIpc) is 3.06. The van der Waals surface area contributed by atoms with Crippen molar-refractivity contribution in [3.05, 3.63) is 34.5 Å². The van der Waals surface area contributed by atoms with E-state index in [0.29, 0.717) is 19.7 Å². The predicted molar refractivity (Wildman–Crippen MR) is 79.8 cm³/mol. The third kappa shape index (κ3) is 4.62. The molecule has 106 valence electrons. The summed E-state index contributed by atoms with van der Waals surface area (Å²) in [6.45, 7) is 2.61. The van der Waals surface area contributed by atoms with Crippen molar-refractivity contribution in [3.8, 4) is 0 Å². The van der Waals surface area contributed by atoms with Crippen LogP contribution in [0.15, 0.2) is 29.0 Å². The van der Waals surface area contributed by atoms with Crippen molar-refractivity contribution in [1.82, 2.24) is 10.2 Å². The molecule has 1 amide bonds. The smallest absolute Gasteiger partial charge is 0.244 e. The van der Waals surface area contributed by atoms with Crippen LogP contribution in [-0.2, 0) is 16.1 Å². The zero-order valence-corrected chi connectivity index (χ0v) is 12.5. The molecule has 2 rings (SSSR count). The Morgan fingerprint density at radius 1 is 1.63 bits per heavy atom. The van der Waals surface area contributed by atoms with Crippen LogP contribution in [0.1, 0.15) is 5.56 Å². The number of thiophene rings is 1. The van der Waals surface area contributed by atoms with Crippen LogP contribution in [0, 0.1) is 0 Å². The SMILES string of the molecule is COCCN(Cc1ccsc1)C(=O)C1C=CCN1.Cl. The second kappa shape index (κ2) is 8.32. The summed E-state index contributed by atoms with van der Waals surface area (Å²) in [5.74, 6) is 0.118. The standard InChI is InChI=1S/C13H18N2O2S.ClH/c1-17-7-6-15(9-11-4-8-18-10-11)13(16)12-3-2-5-14-12;/h2-4,8,10,12,14H,5-7,9H2,1H3;1H. The molecule has 0 aliphatic carbocycles. The van der Waals surface area contributed by atoms with E-state index >= 15 is 0 Å². The van der Waals surface area contributed by atoms with Crippen molar-refractivity contribution in [2.24, 2.45) is 0 Å². The molecule has 0 spiro atoms. The summed E-state index contributed by atoms with van der Waals surface area (Å²) in [6, 6.07) is 1.87. The number of nitrogens with zero attached hydrogens (tertiary/aromatic N) is 1. The number of methoxy groups -OCH3 is 1. The van der Waals surface area contributed by atoms with Crippen LogP contribution in [-0.4, -0.2) is 43.7 Å². The monoisotopic (exact) mass is 302 g/mol. The predicted octanol–water partition coefficient (Wildman–Crippen LogP) is 1.67. The van der Waals surface area contributed by atoms with Crippen molar-refractivity contribution in [3.63, 3.8) is 0 Å². The lowest BCUT2D eigenvalue weighted by molar-refractivity contribution is -0.133. The molecule has 4 nitrogen and oxygen atoms in total. The minimum Gasteiger partial charge on any atom is -0.383 e. The summed E-state index contributed by atoms with van der Waals surface area (Å²) in [5.41, 5.74) is 1.17. The summed E-state index contributed by atoms with van der Waals surface area (Å²) in [7, 11) is 1.65. The molecule has 1 aromatic heterocycles. The van der Waals surface area contributed by atoms with Gasteiger partial charge in [-0.1, -0.05) is 12.2 Å². The van der Waals surface area contributed by atoms with E-state index in [1.54, 1.807) is 18.4 Å². The number of carbonyl (C=O) groups is 1. The number of hydrogen-bond donors (Lipinski definition) is 1. The van der Waals surface area contributed by atoms with Crippen molar-refractivity contribution >= 4 is 29.7 Å². The second-order valence-electron chi connectivity index (χ2n) is 4.20. The average molecular weight is 303 g/mol. The van der Waals surface area contributed by atoms with Gasteiger partial charge in [-0.15, -0.1) is 12.4 Å². The Balaban J connectivity index is 0.00000180. The fourth-order valence-electron chi connectivity index (χ4n) is 1.91. The first kappa shape index (κ1) is 16.2. The summed E-state index contributed by atoms with van der Waals surface area (Å²) in [4.78, 5) is 14.2. The highest BCUT2D eigenvalue weighted by Crippen LogP contribution is 2.11. The molecule has 0 saturated heterocycles. The lowest BCUT2D eigenvalue weighted by Gasteiger charge is -2.24. The molecular formula is C13H19ClN2O2S. The molecule has 6 heteroatoms. The lowest BCUT2D eigenvalue weighted by atomic mass is 10.2. The number of amides is 1. The Kier molecular flexibility index (Phi) is 7.09. The minimum atomic E-state index is -0.180. The Hall–Kier alpha value is -0.880. The number of hydrogen-bond acceptors (Lipinski definition) is 4.